The second kappa shape index (κ2) is 8.20. The smallest absolute Gasteiger partial charge is 0.248 e. The standard InChI is InChI=1S/C23H31N4O2/c1-16-15-27(9-6-17-7-10-29-11-8-17)20-12-19(14-25-22(20)26-16)18-4-5-21(24-13-18)23(2,3)28/h4-5,12-17,28H,6-11H2,1-3H3,(H,25,26)/q+1/t16-/m1/s1. The Morgan fingerprint density at radius 3 is 2.62 bits per heavy atom. The van der Waals surface area contributed by atoms with E-state index in [1.807, 2.05) is 24.5 Å². The molecule has 6 nitrogen and oxygen atoms in total. The number of aromatic nitrogens is 2. The summed E-state index contributed by atoms with van der Waals surface area (Å²) in [6.45, 7) is 8.41. The van der Waals surface area contributed by atoms with Crippen molar-refractivity contribution in [3.8, 4) is 11.1 Å². The van der Waals surface area contributed by atoms with Crippen LogP contribution in [0.4, 0.5) is 11.5 Å². The van der Waals surface area contributed by atoms with E-state index in [-0.39, 0.29) is 6.04 Å². The van der Waals surface area contributed by atoms with Gasteiger partial charge in [-0.15, -0.1) is 0 Å². The highest BCUT2D eigenvalue weighted by Crippen LogP contribution is 2.32. The minimum Gasteiger partial charge on any atom is -0.384 e. The van der Waals surface area contributed by atoms with Crippen LogP contribution >= 0.6 is 0 Å². The Labute approximate surface area is 172 Å². The highest BCUT2D eigenvalue weighted by molar-refractivity contribution is 5.76. The molecule has 0 bridgehead atoms. The van der Waals surface area contributed by atoms with Crippen molar-refractivity contribution < 1.29 is 14.4 Å². The number of rotatable bonds is 5. The van der Waals surface area contributed by atoms with E-state index in [0.29, 0.717) is 5.69 Å². The van der Waals surface area contributed by atoms with Crippen LogP contribution in [0.1, 0.15) is 45.7 Å². The third-order valence-corrected chi connectivity index (χ3v) is 5.79. The second-order valence-corrected chi connectivity index (χ2v) is 8.70. The molecule has 0 saturated carbocycles. The maximum atomic E-state index is 10.1. The summed E-state index contributed by atoms with van der Waals surface area (Å²) in [6, 6.07) is 6.31. The number of hydrogen-bond donors (Lipinski definition) is 2. The van der Waals surface area contributed by atoms with Crippen molar-refractivity contribution in [3.63, 3.8) is 0 Å². The molecule has 1 saturated heterocycles. The first kappa shape index (κ1) is 20.0. The maximum absolute atomic E-state index is 10.1. The first-order chi connectivity index (χ1) is 13.9. The zero-order chi connectivity index (χ0) is 20.4. The Bertz CT molecular complexity index is 881. The lowest BCUT2D eigenvalue weighted by Crippen LogP contribution is -2.30. The van der Waals surface area contributed by atoms with Gasteiger partial charge in [0.25, 0.3) is 0 Å². The summed E-state index contributed by atoms with van der Waals surface area (Å²) in [5.41, 5.74) is 2.85. The highest BCUT2D eigenvalue weighted by atomic mass is 16.5. The maximum Gasteiger partial charge on any atom is 0.248 e. The number of aliphatic hydroxyl groups is 1. The van der Waals surface area contributed by atoms with Crippen LogP contribution in [0.25, 0.3) is 11.1 Å². The molecule has 0 aliphatic carbocycles. The van der Waals surface area contributed by atoms with Gasteiger partial charge in [0, 0.05) is 49.2 Å². The largest absolute Gasteiger partial charge is 0.384 e. The van der Waals surface area contributed by atoms with E-state index < -0.39 is 5.60 Å². The molecular weight excluding hydrogens is 364 g/mol. The van der Waals surface area contributed by atoms with Crippen LogP contribution in [-0.4, -0.2) is 51.7 Å². The van der Waals surface area contributed by atoms with Crippen LogP contribution in [0, 0.1) is 5.92 Å². The average Bonchev–Trinajstić information content (AvgIpc) is 2.72. The minimum absolute atomic E-state index is 0.253. The molecule has 2 aromatic rings. The number of pyridine rings is 2. The Morgan fingerprint density at radius 1 is 1.17 bits per heavy atom. The van der Waals surface area contributed by atoms with Gasteiger partial charge in [0.1, 0.15) is 18.2 Å². The van der Waals surface area contributed by atoms with Crippen molar-refractivity contribution in [3.05, 3.63) is 36.3 Å². The molecule has 1 fully saturated rings. The Balaban J connectivity index is 1.57. The highest BCUT2D eigenvalue weighted by Gasteiger charge is 2.26. The lowest BCUT2D eigenvalue weighted by molar-refractivity contribution is -0.440. The molecular formula is C23H31N4O2+. The van der Waals surface area contributed by atoms with E-state index in [2.05, 4.69) is 34.1 Å². The molecule has 154 valence electrons. The number of hydrogen-bond acceptors (Lipinski definition) is 5. The summed E-state index contributed by atoms with van der Waals surface area (Å²) >= 11 is 0. The zero-order valence-corrected chi connectivity index (χ0v) is 17.6. The lowest BCUT2D eigenvalue weighted by atomic mass is 9.96. The van der Waals surface area contributed by atoms with Crippen molar-refractivity contribution in [2.24, 2.45) is 5.92 Å². The van der Waals surface area contributed by atoms with Crippen LogP contribution in [0.15, 0.2) is 30.6 Å². The van der Waals surface area contributed by atoms with Crippen molar-refractivity contribution in [1.82, 2.24) is 9.97 Å². The van der Waals surface area contributed by atoms with Gasteiger partial charge in [0.15, 0.2) is 12.0 Å². The normalized spacial score (nSPS) is 20.0. The van der Waals surface area contributed by atoms with Crippen LogP contribution in [0.2, 0.25) is 0 Å². The molecule has 0 radical (unpaired) electrons. The van der Waals surface area contributed by atoms with E-state index in [9.17, 15) is 5.11 Å². The Hall–Kier alpha value is -2.31. The predicted octanol–water partition coefficient (Wildman–Crippen LogP) is 3.72. The summed E-state index contributed by atoms with van der Waals surface area (Å²) in [5, 5.41) is 13.6. The van der Waals surface area contributed by atoms with E-state index in [1.165, 1.54) is 0 Å². The quantitative estimate of drug-likeness (QED) is 0.755. The zero-order valence-electron chi connectivity index (χ0n) is 17.6. The summed E-state index contributed by atoms with van der Waals surface area (Å²) in [6.07, 6.45) is 9.44. The lowest BCUT2D eigenvalue weighted by Gasteiger charge is -2.23. The molecule has 4 heterocycles. The van der Waals surface area contributed by atoms with E-state index in [4.69, 9.17) is 9.72 Å². The van der Waals surface area contributed by atoms with Crippen LogP contribution in [0.3, 0.4) is 0 Å². The van der Waals surface area contributed by atoms with E-state index in [1.54, 1.807) is 13.8 Å². The molecule has 0 unspecified atom stereocenters. The van der Waals surface area contributed by atoms with E-state index >= 15 is 0 Å². The molecule has 6 heteroatoms. The summed E-state index contributed by atoms with van der Waals surface area (Å²) in [5.74, 6) is 1.66. The molecule has 0 spiro atoms. The second-order valence-electron chi connectivity index (χ2n) is 8.70. The third-order valence-electron chi connectivity index (χ3n) is 5.79. The van der Waals surface area contributed by atoms with Crippen LogP contribution in [-0.2, 0) is 10.3 Å². The van der Waals surface area contributed by atoms with Gasteiger partial charge in [-0.3, -0.25) is 4.98 Å². The van der Waals surface area contributed by atoms with Crippen molar-refractivity contribution in [2.45, 2.75) is 51.7 Å². The van der Waals surface area contributed by atoms with Crippen LogP contribution in [0.5, 0.6) is 0 Å². The first-order valence-corrected chi connectivity index (χ1v) is 10.6. The SMILES string of the molecule is C[C@@H]1C=[N+](CCC2CCOCC2)c2cc(-c3ccc(C(C)(C)O)nc3)cnc2N1. The summed E-state index contributed by atoms with van der Waals surface area (Å²) in [7, 11) is 0. The molecule has 4 rings (SSSR count). The average molecular weight is 396 g/mol. The Kier molecular flexibility index (Phi) is 5.65. The van der Waals surface area contributed by atoms with E-state index in [0.717, 1.165) is 67.6 Å². The monoisotopic (exact) mass is 395 g/mol. The number of anilines is 1. The van der Waals surface area contributed by atoms with Gasteiger partial charge in [-0.1, -0.05) is 6.07 Å². The molecule has 2 N–H and O–H groups in total. The van der Waals surface area contributed by atoms with Crippen LogP contribution < -0.4 is 5.32 Å². The Morgan fingerprint density at radius 2 is 1.93 bits per heavy atom. The molecule has 2 aromatic heterocycles. The van der Waals surface area contributed by atoms with Gasteiger partial charge in [-0.05, 0) is 45.6 Å². The number of ether oxygens (including phenoxy) is 1. The fraction of sp³-hybridized carbons (Fsp3) is 0.522. The topological polar surface area (TPSA) is 70.3 Å². The van der Waals surface area contributed by atoms with Gasteiger partial charge in [-0.25, -0.2) is 4.98 Å². The minimum atomic E-state index is -0.942. The summed E-state index contributed by atoms with van der Waals surface area (Å²) < 4.78 is 7.84. The van der Waals surface area contributed by atoms with Gasteiger partial charge in [-0.2, -0.15) is 4.58 Å². The van der Waals surface area contributed by atoms with Crippen molar-refractivity contribution in [1.29, 1.82) is 0 Å². The number of nitrogens with one attached hydrogen (secondary N) is 1. The van der Waals surface area contributed by atoms with Crippen molar-refractivity contribution >= 4 is 17.7 Å². The summed E-state index contributed by atoms with van der Waals surface area (Å²) in [4.78, 5) is 9.13. The van der Waals surface area contributed by atoms with Gasteiger partial charge >= 0.3 is 0 Å². The first-order valence-electron chi connectivity index (χ1n) is 10.6. The molecule has 29 heavy (non-hydrogen) atoms. The fourth-order valence-corrected chi connectivity index (χ4v) is 4.02. The predicted molar refractivity (Wildman–Crippen MR) is 115 cm³/mol. The number of fused-ring (bicyclic) bond motifs is 1. The fourth-order valence-electron chi connectivity index (χ4n) is 4.02. The number of nitrogens with zero attached hydrogens (tertiary/aromatic N) is 3. The molecule has 0 amide bonds. The van der Waals surface area contributed by atoms with Gasteiger partial charge in [0.05, 0.1) is 5.69 Å². The molecule has 2 aliphatic heterocycles. The molecule has 1 atom stereocenters. The molecule has 2 aliphatic rings. The molecule has 0 aromatic carbocycles. The van der Waals surface area contributed by atoms with Gasteiger partial charge < -0.3 is 15.2 Å². The third kappa shape index (κ3) is 4.65. The van der Waals surface area contributed by atoms with Crippen molar-refractivity contribution in [2.75, 3.05) is 25.1 Å². The van der Waals surface area contributed by atoms with Gasteiger partial charge in [0.2, 0.25) is 5.69 Å².